The smallest absolute Gasteiger partial charge is 0.353 e. The van der Waals surface area contributed by atoms with E-state index in [0.717, 1.165) is 11.3 Å². The predicted molar refractivity (Wildman–Crippen MR) is 132 cm³/mol. The van der Waals surface area contributed by atoms with Crippen LogP contribution in [-0.2, 0) is 22.4 Å². The van der Waals surface area contributed by atoms with E-state index in [9.17, 15) is 14.3 Å². The van der Waals surface area contributed by atoms with Crippen molar-refractivity contribution in [1.82, 2.24) is 0 Å². The molecule has 2 aromatic carbocycles. The van der Waals surface area contributed by atoms with Gasteiger partial charge in [0, 0.05) is 43.4 Å². The zero-order valence-corrected chi connectivity index (χ0v) is 19.9. The summed E-state index contributed by atoms with van der Waals surface area (Å²) in [6.07, 6.45) is 0.287. The first-order valence-corrected chi connectivity index (χ1v) is 11.6. The number of allylic oxidation sites excluding steroid dienone is 1. The van der Waals surface area contributed by atoms with Crippen molar-refractivity contribution in [3.05, 3.63) is 77.1 Å². The van der Waals surface area contributed by atoms with Gasteiger partial charge in [-0.2, -0.15) is 0 Å². The Kier molecular flexibility index (Phi) is 11.0. The van der Waals surface area contributed by atoms with Gasteiger partial charge in [0.15, 0.2) is 0 Å². The Hall–Kier alpha value is -2.77. The van der Waals surface area contributed by atoms with Gasteiger partial charge in [0.1, 0.15) is 11.5 Å². The Labute approximate surface area is 203 Å². The lowest BCUT2D eigenvalue weighted by atomic mass is 10.1. The lowest BCUT2D eigenvalue weighted by molar-refractivity contribution is -0.135. The van der Waals surface area contributed by atoms with Crippen LogP contribution in [0.2, 0.25) is 0 Å². The van der Waals surface area contributed by atoms with Crippen molar-refractivity contribution in [2.75, 3.05) is 36.4 Å². The fourth-order valence-electron chi connectivity index (χ4n) is 3.06. The van der Waals surface area contributed by atoms with Gasteiger partial charge in [-0.25, -0.2) is 14.2 Å². The van der Waals surface area contributed by atoms with Gasteiger partial charge in [-0.1, -0.05) is 24.3 Å². The molecule has 2 rings (SSSR count). The van der Waals surface area contributed by atoms with Crippen LogP contribution in [-0.4, -0.2) is 48.2 Å². The molecule has 0 aliphatic rings. The predicted octanol–water partition coefficient (Wildman–Crippen LogP) is 4.58. The van der Waals surface area contributed by atoms with Gasteiger partial charge >= 0.3 is 5.97 Å². The van der Waals surface area contributed by atoms with Gasteiger partial charge in [0.05, 0.1) is 12.3 Å². The molecule has 0 unspecified atom stereocenters. The molecule has 0 saturated heterocycles. The highest BCUT2D eigenvalue weighted by Gasteiger charge is 2.16. The molecule has 0 aromatic heterocycles. The molecule has 0 aliphatic heterocycles. The van der Waals surface area contributed by atoms with Crippen LogP contribution in [0.5, 0.6) is 0 Å². The lowest BCUT2D eigenvalue weighted by Gasteiger charge is -2.23. The molecule has 178 valence electrons. The molecule has 0 heterocycles. The molecule has 0 spiro atoms. The Morgan fingerprint density at radius 1 is 1.03 bits per heavy atom. The number of ether oxygens (including phenoxy) is 1. The summed E-state index contributed by atoms with van der Waals surface area (Å²) in [4.78, 5) is 18.4. The lowest BCUT2D eigenvalue weighted by Crippen LogP contribution is -2.27. The van der Waals surface area contributed by atoms with Crippen molar-refractivity contribution in [2.45, 2.75) is 19.8 Å². The number of aliphatic imine (C=N–C) groups is 1. The quantitative estimate of drug-likeness (QED) is 0.194. The van der Waals surface area contributed by atoms with Crippen molar-refractivity contribution in [2.24, 2.45) is 10.7 Å². The first-order chi connectivity index (χ1) is 15.9. The summed E-state index contributed by atoms with van der Waals surface area (Å²) in [5.41, 5.74) is 8.60. The summed E-state index contributed by atoms with van der Waals surface area (Å²) in [5, 5.41) is 10.4. The van der Waals surface area contributed by atoms with Gasteiger partial charge in [-0.05, 0) is 42.3 Å². The zero-order chi connectivity index (χ0) is 24.2. The number of alkyl halides is 2. The van der Waals surface area contributed by atoms with E-state index < -0.39 is 11.9 Å². The maximum Gasteiger partial charge on any atom is 0.353 e. The highest BCUT2D eigenvalue weighted by atomic mass is 35.5. The maximum absolute atomic E-state index is 13.2. The van der Waals surface area contributed by atoms with Crippen LogP contribution in [0.25, 0.3) is 0 Å². The molecule has 0 bridgehead atoms. The first-order valence-electron chi connectivity index (χ1n) is 10.5. The summed E-state index contributed by atoms with van der Waals surface area (Å²) in [7, 11) is 0. The van der Waals surface area contributed by atoms with Gasteiger partial charge in [0.2, 0.25) is 5.88 Å². The van der Waals surface area contributed by atoms with Gasteiger partial charge in [0.25, 0.3) is 0 Å². The Morgan fingerprint density at radius 3 is 2.12 bits per heavy atom. The zero-order valence-electron chi connectivity index (χ0n) is 18.4. The average Bonchev–Trinajstić information content (AvgIpc) is 2.80. The molecule has 9 heteroatoms. The van der Waals surface area contributed by atoms with Crippen LogP contribution in [0.1, 0.15) is 18.1 Å². The summed E-state index contributed by atoms with van der Waals surface area (Å²) in [6, 6.07) is 13.3. The van der Waals surface area contributed by atoms with E-state index in [1.807, 2.05) is 24.3 Å². The summed E-state index contributed by atoms with van der Waals surface area (Å²) >= 11 is 11.7. The van der Waals surface area contributed by atoms with E-state index in [0.29, 0.717) is 30.4 Å². The number of carbonyl (C=O) groups is 1. The SMILES string of the molecule is CCOC(=O)C(Cc1ccc(F)cc1)=NC(O)=C(N)Cc1ccc(N(CCCl)CCCl)cc1. The van der Waals surface area contributed by atoms with E-state index in [1.54, 1.807) is 6.92 Å². The van der Waals surface area contributed by atoms with E-state index in [2.05, 4.69) is 9.89 Å². The van der Waals surface area contributed by atoms with Crippen molar-refractivity contribution in [3.63, 3.8) is 0 Å². The largest absolute Gasteiger partial charge is 0.492 e. The van der Waals surface area contributed by atoms with Crippen LogP contribution in [0, 0.1) is 5.82 Å². The van der Waals surface area contributed by atoms with Crippen LogP contribution >= 0.6 is 23.2 Å². The second-order valence-corrected chi connectivity index (χ2v) is 7.90. The van der Waals surface area contributed by atoms with Gasteiger partial charge < -0.3 is 20.5 Å². The fourth-order valence-corrected chi connectivity index (χ4v) is 3.47. The number of aliphatic hydroxyl groups excluding tert-OH is 1. The van der Waals surface area contributed by atoms with E-state index in [1.165, 1.54) is 24.3 Å². The third-order valence-electron chi connectivity index (χ3n) is 4.73. The molecule has 0 fully saturated rings. The average molecular weight is 496 g/mol. The molecule has 0 atom stereocenters. The van der Waals surface area contributed by atoms with Crippen molar-refractivity contribution >= 4 is 40.6 Å². The third-order valence-corrected chi connectivity index (χ3v) is 5.07. The molecular weight excluding hydrogens is 468 g/mol. The van der Waals surface area contributed by atoms with Crippen LogP contribution in [0.15, 0.2) is 65.1 Å². The molecule has 0 aliphatic carbocycles. The normalized spacial score (nSPS) is 12.3. The number of aliphatic hydroxyl groups is 1. The minimum absolute atomic E-state index is 0.0305. The van der Waals surface area contributed by atoms with Gasteiger partial charge in [-0.15, -0.1) is 23.2 Å². The minimum Gasteiger partial charge on any atom is -0.492 e. The van der Waals surface area contributed by atoms with Crippen LogP contribution in [0.3, 0.4) is 0 Å². The minimum atomic E-state index is -0.677. The second kappa shape index (κ2) is 13.7. The summed E-state index contributed by atoms with van der Waals surface area (Å²) in [6.45, 7) is 3.17. The Morgan fingerprint density at radius 2 is 1.58 bits per heavy atom. The number of carbonyl (C=O) groups excluding carboxylic acids is 1. The standard InChI is InChI=1S/C24H28Cl2FN3O3/c1-2-33-24(32)22(16-18-3-7-19(27)8-4-18)29-23(31)21(28)15-17-5-9-20(10-6-17)30(13-11-25)14-12-26/h3-10,31H,2,11-16,28H2,1H3. The fraction of sp³-hybridized carbons (Fsp3) is 0.333. The monoisotopic (exact) mass is 495 g/mol. The van der Waals surface area contributed by atoms with E-state index in [4.69, 9.17) is 33.7 Å². The number of benzene rings is 2. The third kappa shape index (κ3) is 8.59. The number of anilines is 1. The van der Waals surface area contributed by atoms with Crippen LogP contribution < -0.4 is 10.6 Å². The number of hydrogen-bond donors (Lipinski definition) is 2. The van der Waals surface area contributed by atoms with E-state index in [-0.39, 0.29) is 36.7 Å². The number of nitrogens with zero attached hydrogens (tertiary/aromatic N) is 2. The maximum atomic E-state index is 13.2. The number of nitrogens with two attached hydrogens (primary N) is 1. The summed E-state index contributed by atoms with van der Waals surface area (Å²) < 4.78 is 18.2. The molecule has 0 saturated carbocycles. The molecule has 6 nitrogen and oxygen atoms in total. The Bertz CT molecular complexity index is 958. The number of rotatable bonds is 12. The second-order valence-electron chi connectivity index (χ2n) is 7.14. The molecule has 3 N–H and O–H groups in total. The number of hydrogen-bond acceptors (Lipinski definition) is 6. The van der Waals surface area contributed by atoms with Crippen molar-refractivity contribution in [3.8, 4) is 0 Å². The number of halogens is 3. The van der Waals surface area contributed by atoms with Gasteiger partial charge in [-0.3, -0.25) is 0 Å². The molecule has 2 aromatic rings. The van der Waals surface area contributed by atoms with Crippen molar-refractivity contribution in [1.29, 1.82) is 0 Å². The van der Waals surface area contributed by atoms with Crippen molar-refractivity contribution < 1.29 is 19.0 Å². The summed E-state index contributed by atoms with van der Waals surface area (Å²) in [5.74, 6) is -0.554. The molecular formula is C24H28Cl2FN3O3. The Balaban J connectivity index is 2.20. The molecule has 0 amide bonds. The van der Waals surface area contributed by atoms with Crippen LogP contribution in [0.4, 0.5) is 10.1 Å². The topological polar surface area (TPSA) is 88.1 Å². The molecule has 33 heavy (non-hydrogen) atoms. The highest BCUT2D eigenvalue weighted by molar-refractivity contribution is 6.37. The number of esters is 1. The highest BCUT2D eigenvalue weighted by Crippen LogP contribution is 2.18. The van der Waals surface area contributed by atoms with E-state index >= 15 is 0 Å². The first kappa shape index (κ1) is 26.5. The molecule has 0 radical (unpaired) electrons.